The van der Waals surface area contributed by atoms with Crippen LogP contribution in [0.5, 0.6) is 5.75 Å². The number of benzene rings is 1. The van der Waals surface area contributed by atoms with Gasteiger partial charge >= 0.3 is 5.97 Å². The van der Waals surface area contributed by atoms with Crippen LogP contribution in [0.25, 0.3) is 0 Å². The summed E-state index contributed by atoms with van der Waals surface area (Å²) in [5, 5.41) is 11.5. The molecule has 2 atom stereocenters. The number of carboxylic acid groups (broad SMARTS) is 1. The van der Waals surface area contributed by atoms with Gasteiger partial charge in [0.15, 0.2) is 0 Å². The van der Waals surface area contributed by atoms with E-state index in [0.717, 1.165) is 16.9 Å². The number of carboxylic acids is 1. The fourth-order valence-electron chi connectivity index (χ4n) is 2.13. The van der Waals surface area contributed by atoms with Crippen molar-refractivity contribution in [3.8, 4) is 5.75 Å². The zero-order chi connectivity index (χ0) is 14.0. The predicted molar refractivity (Wildman–Crippen MR) is 68.8 cm³/mol. The van der Waals surface area contributed by atoms with E-state index in [0.29, 0.717) is 13.0 Å². The van der Waals surface area contributed by atoms with E-state index >= 15 is 0 Å². The Labute approximate surface area is 111 Å². The average molecular weight is 263 g/mol. The maximum atomic E-state index is 11.7. The zero-order valence-corrected chi connectivity index (χ0v) is 11.0. The number of hydrogen-bond acceptors (Lipinski definition) is 3. The van der Waals surface area contributed by atoms with Gasteiger partial charge in [0, 0.05) is 6.54 Å². The van der Waals surface area contributed by atoms with Gasteiger partial charge in [0.1, 0.15) is 5.75 Å². The summed E-state index contributed by atoms with van der Waals surface area (Å²) in [6.45, 7) is 2.35. The molecular weight excluding hydrogens is 246 g/mol. The van der Waals surface area contributed by atoms with Crippen molar-refractivity contribution in [2.45, 2.75) is 19.9 Å². The van der Waals surface area contributed by atoms with Gasteiger partial charge in [-0.15, -0.1) is 0 Å². The Bertz CT molecular complexity index is 512. The molecule has 0 heterocycles. The summed E-state index contributed by atoms with van der Waals surface area (Å²) in [5.74, 6) is -1.13. The van der Waals surface area contributed by atoms with Crippen molar-refractivity contribution < 1.29 is 19.4 Å². The molecule has 2 N–H and O–H groups in total. The fraction of sp³-hybridized carbons (Fsp3) is 0.429. The molecule has 1 fully saturated rings. The van der Waals surface area contributed by atoms with Crippen molar-refractivity contribution in [1.82, 2.24) is 5.32 Å². The second-order valence-corrected chi connectivity index (χ2v) is 4.81. The molecule has 1 aromatic carbocycles. The maximum Gasteiger partial charge on any atom is 0.307 e. The first-order chi connectivity index (χ1) is 9.02. The number of aliphatic carboxylic acids is 1. The third-order valence-electron chi connectivity index (χ3n) is 3.37. The number of aryl methyl sites for hydroxylation is 1. The van der Waals surface area contributed by atoms with Gasteiger partial charge in [-0.2, -0.15) is 0 Å². The van der Waals surface area contributed by atoms with Crippen molar-refractivity contribution >= 4 is 11.9 Å². The predicted octanol–water partition coefficient (Wildman–Crippen LogP) is 1.34. The molecule has 0 aliphatic heterocycles. The van der Waals surface area contributed by atoms with E-state index in [2.05, 4.69) is 5.32 Å². The van der Waals surface area contributed by atoms with E-state index < -0.39 is 11.9 Å². The Morgan fingerprint density at radius 2 is 2.16 bits per heavy atom. The summed E-state index contributed by atoms with van der Waals surface area (Å²) in [5.41, 5.74) is 1.98. The van der Waals surface area contributed by atoms with Crippen LogP contribution in [0.3, 0.4) is 0 Å². The van der Waals surface area contributed by atoms with E-state index in [1.54, 1.807) is 7.11 Å². The summed E-state index contributed by atoms with van der Waals surface area (Å²) < 4.78 is 5.16. The summed E-state index contributed by atoms with van der Waals surface area (Å²) in [6.07, 6.45) is 0.447. The van der Waals surface area contributed by atoms with Gasteiger partial charge < -0.3 is 15.2 Å². The number of hydrogen-bond donors (Lipinski definition) is 2. The maximum absolute atomic E-state index is 11.7. The summed E-state index contributed by atoms with van der Waals surface area (Å²) in [4.78, 5) is 22.4. The molecule has 1 saturated carbocycles. The van der Waals surface area contributed by atoms with Crippen LogP contribution in [-0.2, 0) is 16.1 Å². The summed E-state index contributed by atoms with van der Waals surface area (Å²) in [6, 6.07) is 5.68. The SMILES string of the molecule is COc1ccc(CNC(=O)[C@@H]2C[C@@H]2C(=O)O)cc1C. The van der Waals surface area contributed by atoms with Gasteiger partial charge in [0.05, 0.1) is 18.9 Å². The highest BCUT2D eigenvalue weighted by Gasteiger charge is 2.48. The first-order valence-electron chi connectivity index (χ1n) is 6.17. The van der Waals surface area contributed by atoms with Crippen molar-refractivity contribution in [3.05, 3.63) is 29.3 Å². The fourth-order valence-corrected chi connectivity index (χ4v) is 2.13. The minimum absolute atomic E-state index is 0.180. The smallest absolute Gasteiger partial charge is 0.307 e. The third-order valence-corrected chi connectivity index (χ3v) is 3.37. The second-order valence-electron chi connectivity index (χ2n) is 4.81. The Balaban J connectivity index is 1.87. The molecule has 0 saturated heterocycles. The van der Waals surface area contributed by atoms with Crippen LogP contribution in [-0.4, -0.2) is 24.1 Å². The monoisotopic (exact) mass is 263 g/mol. The highest BCUT2D eigenvalue weighted by molar-refractivity contribution is 5.89. The number of carbonyl (C=O) groups excluding carboxylic acids is 1. The van der Waals surface area contributed by atoms with Crippen LogP contribution in [0.1, 0.15) is 17.5 Å². The Hall–Kier alpha value is -2.04. The number of amides is 1. The Kier molecular flexibility index (Phi) is 3.74. The van der Waals surface area contributed by atoms with Crippen LogP contribution in [0.15, 0.2) is 18.2 Å². The Morgan fingerprint density at radius 3 is 2.68 bits per heavy atom. The second kappa shape index (κ2) is 5.30. The first kappa shape index (κ1) is 13.4. The number of methoxy groups -OCH3 is 1. The highest BCUT2D eigenvalue weighted by atomic mass is 16.5. The topological polar surface area (TPSA) is 75.6 Å². The van der Waals surface area contributed by atoms with Crippen molar-refractivity contribution in [1.29, 1.82) is 0 Å². The lowest BCUT2D eigenvalue weighted by Gasteiger charge is -2.08. The molecule has 5 heteroatoms. The van der Waals surface area contributed by atoms with Crippen LogP contribution in [0.2, 0.25) is 0 Å². The Morgan fingerprint density at radius 1 is 1.42 bits per heavy atom. The minimum atomic E-state index is -0.888. The van der Waals surface area contributed by atoms with Gasteiger partial charge in [-0.05, 0) is 30.5 Å². The molecule has 0 aromatic heterocycles. The van der Waals surface area contributed by atoms with Gasteiger partial charge in [-0.25, -0.2) is 0 Å². The summed E-state index contributed by atoms with van der Waals surface area (Å²) in [7, 11) is 1.61. The van der Waals surface area contributed by atoms with Gasteiger partial charge in [0.25, 0.3) is 0 Å². The number of nitrogens with one attached hydrogen (secondary N) is 1. The van der Waals surface area contributed by atoms with Crippen LogP contribution < -0.4 is 10.1 Å². The zero-order valence-electron chi connectivity index (χ0n) is 11.0. The molecule has 1 aliphatic carbocycles. The molecule has 19 heavy (non-hydrogen) atoms. The lowest BCUT2D eigenvalue weighted by molar-refractivity contribution is -0.140. The van der Waals surface area contributed by atoms with E-state index in [-0.39, 0.29) is 11.8 Å². The van der Waals surface area contributed by atoms with Crippen molar-refractivity contribution in [3.63, 3.8) is 0 Å². The lowest BCUT2D eigenvalue weighted by atomic mass is 10.1. The van der Waals surface area contributed by atoms with E-state index in [1.807, 2.05) is 25.1 Å². The average Bonchev–Trinajstić information content (AvgIpc) is 3.16. The molecule has 0 spiro atoms. The molecule has 0 bridgehead atoms. The molecule has 1 aliphatic rings. The largest absolute Gasteiger partial charge is 0.496 e. The standard InChI is InChI=1S/C14H17NO4/c1-8-5-9(3-4-12(8)19-2)7-15-13(16)10-6-11(10)14(17)18/h3-5,10-11H,6-7H2,1-2H3,(H,15,16)(H,17,18)/t10-,11+/m1/s1. The molecule has 5 nitrogen and oxygen atoms in total. The first-order valence-corrected chi connectivity index (χ1v) is 6.17. The molecule has 1 amide bonds. The van der Waals surface area contributed by atoms with Crippen molar-refractivity contribution in [2.24, 2.45) is 11.8 Å². The number of ether oxygens (including phenoxy) is 1. The lowest BCUT2D eigenvalue weighted by Crippen LogP contribution is -2.25. The molecule has 102 valence electrons. The van der Waals surface area contributed by atoms with Gasteiger partial charge in [-0.3, -0.25) is 9.59 Å². The molecular formula is C14H17NO4. The van der Waals surface area contributed by atoms with Crippen molar-refractivity contribution in [2.75, 3.05) is 7.11 Å². The minimum Gasteiger partial charge on any atom is -0.496 e. The van der Waals surface area contributed by atoms with Crippen LogP contribution >= 0.6 is 0 Å². The van der Waals surface area contributed by atoms with E-state index in [1.165, 1.54) is 0 Å². The van der Waals surface area contributed by atoms with E-state index in [4.69, 9.17) is 9.84 Å². The van der Waals surface area contributed by atoms with Crippen LogP contribution in [0.4, 0.5) is 0 Å². The molecule has 0 radical (unpaired) electrons. The van der Waals surface area contributed by atoms with Gasteiger partial charge in [0.2, 0.25) is 5.91 Å². The molecule has 2 rings (SSSR count). The molecule has 0 unspecified atom stereocenters. The molecule has 1 aromatic rings. The van der Waals surface area contributed by atoms with Crippen LogP contribution in [0, 0.1) is 18.8 Å². The number of rotatable bonds is 5. The quantitative estimate of drug-likeness (QED) is 0.840. The highest BCUT2D eigenvalue weighted by Crippen LogP contribution is 2.38. The summed E-state index contributed by atoms with van der Waals surface area (Å²) >= 11 is 0. The van der Waals surface area contributed by atoms with Gasteiger partial charge in [-0.1, -0.05) is 12.1 Å². The number of carbonyl (C=O) groups is 2. The third kappa shape index (κ3) is 3.05. The van der Waals surface area contributed by atoms with E-state index in [9.17, 15) is 9.59 Å². The normalized spacial score (nSPS) is 20.7.